The number of benzene rings is 1. The molecule has 1 saturated heterocycles. The monoisotopic (exact) mass is 412 g/mol. The molecule has 7 heteroatoms. The van der Waals surface area contributed by atoms with Crippen LogP contribution in [0.2, 0.25) is 0 Å². The van der Waals surface area contributed by atoms with Crippen LogP contribution in [0.25, 0.3) is 10.7 Å². The van der Waals surface area contributed by atoms with Gasteiger partial charge < -0.3 is 4.90 Å². The third kappa shape index (κ3) is 4.31. The van der Waals surface area contributed by atoms with Crippen LogP contribution in [-0.2, 0) is 11.3 Å². The molecule has 146 valence electrons. The highest BCUT2D eigenvalue weighted by Gasteiger charge is 2.26. The number of piperidine rings is 1. The van der Waals surface area contributed by atoms with E-state index in [1.807, 2.05) is 41.5 Å². The molecular formula is C21H24N4OS2. The first kappa shape index (κ1) is 19.2. The molecule has 28 heavy (non-hydrogen) atoms. The van der Waals surface area contributed by atoms with Gasteiger partial charge in [-0.15, -0.1) is 21.5 Å². The fraction of sp³-hybridized carbons (Fsp3) is 0.381. The van der Waals surface area contributed by atoms with Crippen molar-refractivity contribution in [2.45, 2.75) is 43.1 Å². The average Bonchev–Trinajstić information content (AvgIpc) is 3.39. The summed E-state index contributed by atoms with van der Waals surface area (Å²) in [5, 5.41) is 11.6. The van der Waals surface area contributed by atoms with Crippen molar-refractivity contribution >= 4 is 29.0 Å². The Balaban J connectivity index is 1.58. The molecule has 0 spiro atoms. The molecule has 1 aliphatic rings. The zero-order valence-corrected chi connectivity index (χ0v) is 17.6. The zero-order chi connectivity index (χ0) is 19.3. The van der Waals surface area contributed by atoms with Gasteiger partial charge in [0.1, 0.15) is 0 Å². The number of carbonyl (C=O) groups excluding carboxylic acids is 1. The standard InChI is InChI=1S/C21H24N4OS2/c1-16(20(26)24-12-6-3-7-13-24)28-21-23-22-19(18-11-8-14-27-18)25(21)15-17-9-4-2-5-10-17/h2,4-5,8-11,14,16H,3,6-7,12-13,15H2,1H3. The number of hydrogen-bond donors (Lipinski definition) is 0. The molecule has 1 unspecified atom stereocenters. The second-order valence-electron chi connectivity index (χ2n) is 7.00. The Kier molecular flexibility index (Phi) is 6.12. The highest BCUT2D eigenvalue weighted by atomic mass is 32.2. The first-order chi connectivity index (χ1) is 13.7. The molecule has 0 radical (unpaired) electrons. The van der Waals surface area contributed by atoms with Gasteiger partial charge in [-0.1, -0.05) is 48.2 Å². The maximum atomic E-state index is 12.9. The molecule has 1 aliphatic heterocycles. The summed E-state index contributed by atoms with van der Waals surface area (Å²) in [5.74, 6) is 1.07. The number of carbonyl (C=O) groups is 1. The van der Waals surface area contributed by atoms with Crippen LogP contribution in [0.3, 0.4) is 0 Å². The van der Waals surface area contributed by atoms with Crippen molar-refractivity contribution < 1.29 is 4.79 Å². The minimum absolute atomic E-state index is 0.173. The number of hydrogen-bond acceptors (Lipinski definition) is 5. The molecule has 3 heterocycles. The van der Waals surface area contributed by atoms with E-state index in [0.717, 1.165) is 41.8 Å². The molecular weight excluding hydrogens is 388 g/mol. The van der Waals surface area contributed by atoms with Crippen LogP contribution >= 0.6 is 23.1 Å². The Morgan fingerprint density at radius 1 is 1.11 bits per heavy atom. The van der Waals surface area contributed by atoms with Gasteiger partial charge in [0.15, 0.2) is 11.0 Å². The molecule has 1 fully saturated rings. The largest absolute Gasteiger partial charge is 0.342 e. The lowest BCUT2D eigenvalue weighted by Gasteiger charge is -2.28. The van der Waals surface area contributed by atoms with Gasteiger partial charge in [0.25, 0.3) is 0 Å². The molecule has 5 nitrogen and oxygen atoms in total. The summed E-state index contributed by atoms with van der Waals surface area (Å²) in [6, 6.07) is 14.4. The van der Waals surface area contributed by atoms with Crippen LogP contribution in [0.15, 0.2) is 53.0 Å². The molecule has 1 atom stereocenters. The fourth-order valence-corrected chi connectivity index (χ4v) is 5.10. The van der Waals surface area contributed by atoms with Crippen molar-refractivity contribution in [2.24, 2.45) is 0 Å². The minimum atomic E-state index is -0.173. The zero-order valence-electron chi connectivity index (χ0n) is 16.0. The maximum absolute atomic E-state index is 12.9. The Morgan fingerprint density at radius 2 is 1.89 bits per heavy atom. The van der Waals surface area contributed by atoms with E-state index in [0.29, 0.717) is 6.54 Å². The van der Waals surface area contributed by atoms with Gasteiger partial charge in [-0.05, 0) is 43.2 Å². The van der Waals surface area contributed by atoms with E-state index in [1.54, 1.807) is 11.3 Å². The third-order valence-electron chi connectivity index (χ3n) is 4.94. The Morgan fingerprint density at radius 3 is 2.61 bits per heavy atom. The lowest BCUT2D eigenvalue weighted by molar-refractivity contribution is -0.131. The summed E-state index contributed by atoms with van der Waals surface area (Å²) in [6.45, 7) is 4.42. The van der Waals surface area contributed by atoms with Gasteiger partial charge in [-0.3, -0.25) is 9.36 Å². The van der Waals surface area contributed by atoms with Crippen molar-refractivity contribution in [3.8, 4) is 10.7 Å². The van der Waals surface area contributed by atoms with Crippen molar-refractivity contribution in [1.82, 2.24) is 19.7 Å². The molecule has 3 aromatic rings. The highest BCUT2D eigenvalue weighted by molar-refractivity contribution is 8.00. The number of thiophene rings is 1. The number of nitrogens with zero attached hydrogens (tertiary/aromatic N) is 4. The lowest BCUT2D eigenvalue weighted by Crippen LogP contribution is -2.40. The van der Waals surface area contributed by atoms with E-state index in [9.17, 15) is 4.79 Å². The van der Waals surface area contributed by atoms with Gasteiger partial charge in [-0.25, -0.2) is 0 Å². The van der Waals surface area contributed by atoms with Crippen molar-refractivity contribution in [3.05, 3.63) is 53.4 Å². The average molecular weight is 413 g/mol. The Bertz CT molecular complexity index is 902. The smallest absolute Gasteiger partial charge is 0.235 e. The predicted octanol–water partition coefficient (Wildman–Crippen LogP) is 4.55. The van der Waals surface area contributed by atoms with Crippen LogP contribution in [0.4, 0.5) is 0 Å². The first-order valence-electron chi connectivity index (χ1n) is 9.69. The third-order valence-corrected chi connectivity index (χ3v) is 6.87. The molecule has 0 saturated carbocycles. The van der Waals surface area contributed by atoms with E-state index in [4.69, 9.17) is 0 Å². The van der Waals surface area contributed by atoms with Gasteiger partial charge >= 0.3 is 0 Å². The van der Waals surface area contributed by atoms with Crippen molar-refractivity contribution in [3.63, 3.8) is 0 Å². The van der Waals surface area contributed by atoms with Gasteiger partial charge in [-0.2, -0.15) is 0 Å². The maximum Gasteiger partial charge on any atom is 0.235 e. The fourth-order valence-electron chi connectivity index (χ4n) is 3.45. The van der Waals surface area contributed by atoms with Crippen LogP contribution in [-0.4, -0.2) is 43.9 Å². The Hall–Kier alpha value is -2.12. The summed E-state index contributed by atoms with van der Waals surface area (Å²) in [6.07, 6.45) is 3.44. The summed E-state index contributed by atoms with van der Waals surface area (Å²) >= 11 is 3.17. The van der Waals surface area contributed by atoms with E-state index < -0.39 is 0 Å². The highest BCUT2D eigenvalue weighted by Crippen LogP contribution is 2.30. The normalized spacial score (nSPS) is 15.5. The molecule has 1 amide bonds. The quantitative estimate of drug-likeness (QED) is 0.558. The summed E-state index contributed by atoms with van der Waals surface area (Å²) < 4.78 is 2.13. The van der Waals surface area contributed by atoms with Crippen molar-refractivity contribution in [2.75, 3.05) is 13.1 Å². The summed E-state index contributed by atoms with van der Waals surface area (Å²) in [4.78, 5) is 15.9. The van der Waals surface area contributed by atoms with Gasteiger partial charge in [0, 0.05) is 13.1 Å². The van der Waals surface area contributed by atoms with Crippen molar-refractivity contribution in [1.29, 1.82) is 0 Å². The summed E-state index contributed by atoms with van der Waals surface area (Å²) in [5.41, 5.74) is 1.19. The van der Waals surface area contributed by atoms with Crippen LogP contribution < -0.4 is 0 Å². The SMILES string of the molecule is CC(Sc1nnc(-c2cccs2)n1Cc1ccccc1)C(=O)N1CCCCC1. The number of likely N-dealkylation sites (tertiary alicyclic amines) is 1. The lowest BCUT2D eigenvalue weighted by atomic mass is 10.1. The second kappa shape index (κ2) is 8.92. The molecule has 0 bridgehead atoms. The number of amides is 1. The molecule has 0 aliphatic carbocycles. The van der Waals surface area contributed by atoms with Crippen LogP contribution in [0.5, 0.6) is 0 Å². The predicted molar refractivity (Wildman–Crippen MR) is 115 cm³/mol. The molecule has 1 aromatic carbocycles. The topological polar surface area (TPSA) is 51.0 Å². The van der Waals surface area contributed by atoms with Gasteiger partial charge in [0.05, 0.1) is 16.7 Å². The molecule has 2 aromatic heterocycles. The molecule has 4 rings (SSSR count). The second-order valence-corrected chi connectivity index (χ2v) is 9.26. The number of aromatic nitrogens is 3. The number of rotatable bonds is 6. The van der Waals surface area contributed by atoms with E-state index in [1.165, 1.54) is 23.7 Å². The first-order valence-corrected chi connectivity index (χ1v) is 11.4. The molecule has 0 N–H and O–H groups in total. The van der Waals surface area contributed by atoms with E-state index in [-0.39, 0.29) is 11.2 Å². The van der Waals surface area contributed by atoms with Crippen LogP contribution in [0, 0.1) is 0 Å². The van der Waals surface area contributed by atoms with Gasteiger partial charge in [0.2, 0.25) is 5.91 Å². The minimum Gasteiger partial charge on any atom is -0.342 e. The number of thioether (sulfide) groups is 1. The van der Waals surface area contributed by atoms with E-state index in [2.05, 4.69) is 33.0 Å². The Labute approximate surface area is 173 Å². The van der Waals surface area contributed by atoms with E-state index >= 15 is 0 Å². The summed E-state index contributed by atoms with van der Waals surface area (Å²) in [7, 11) is 0. The van der Waals surface area contributed by atoms with Crippen LogP contribution in [0.1, 0.15) is 31.7 Å².